The SMILES string of the molecule is CN(C)C(=O)c1cc2ccccc2cc1Br. The Balaban J connectivity index is 2.63. The monoisotopic (exact) mass is 277 g/mol. The van der Waals surface area contributed by atoms with Crippen molar-refractivity contribution in [3.63, 3.8) is 0 Å². The average molecular weight is 278 g/mol. The molecule has 0 aliphatic heterocycles. The second-order valence-corrected chi connectivity index (χ2v) is 4.73. The molecule has 0 radical (unpaired) electrons. The van der Waals surface area contributed by atoms with Crippen molar-refractivity contribution in [1.29, 1.82) is 0 Å². The van der Waals surface area contributed by atoms with Gasteiger partial charge in [0.15, 0.2) is 0 Å². The second kappa shape index (κ2) is 4.26. The summed E-state index contributed by atoms with van der Waals surface area (Å²) in [5.41, 5.74) is 0.698. The van der Waals surface area contributed by atoms with Crippen LogP contribution in [0.3, 0.4) is 0 Å². The number of hydrogen-bond acceptors (Lipinski definition) is 1. The highest BCUT2D eigenvalue weighted by molar-refractivity contribution is 9.10. The number of carbonyl (C=O) groups excluding carboxylic acids is 1. The lowest BCUT2D eigenvalue weighted by molar-refractivity contribution is 0.0827. The predicted octanol–water partition coefficient (Wildman–Crippen LogP) is 3.30. The van der Waals surface area contributed by atoms with Gasteiger partial charge in [-0.2, -0.15) is 0 Å². The highest BCUT2D eigenvalue weighted by Gasteiger charge is 2.12. The van der Waals surface area contributed by atoms with Crippen LogP contribution in [0.2, 0.25) is 0 Å². The first kappa shape index (κ1) is 11.1. The molecule has 0 aliphatic carbocycles. The lowest BCUT2D eigenvalue weighted by Crippen LogP contribution is -2.22. The van der Waals surface area contributed by atoms with Gasteiger partial charge in [-0.1, -0.05) is 24.3 Å². The Kier molecular flexibility index (Phi) is 2.97. The van der Waals surface area contributed by atoms with Crippen LogP contribution >= 0.6 is 15.9 Å². The molecule has 2 nitrogen and oxygen atoms in total. The predicted molar refractivity (Wildman–Crippen MR) is 69.7 cm³/mol. The molecule has 0 saturated carbocycles. The molecule has 0 unspecified atom stereocenters. The molecule has 0 N–H and O–H groups in total. The Morgan fingerprint density at radius 1 is 1.12 bits per heavy atom. The Morgan fingerprint density at radius 2 is 1.69 bits per heavy atom. The molecular weight excluding hydrogens is 266 g/mol. The van der Waals surface area contributed by atoms with Gasteiger partial charge in [0.25, 0.3) is 5.91 Å². The summed E-state index contributed by atoms with van der Waals surface area (Å²) in [5.74, 6) is 0.0117. The van der Waals surface area contributed by atoms with Crippen molar-refractivity contribution in [2.24, 2.45) is 0 Å². The second-order valence-electron chi connectivity index (χ2n) is 3.88. The van der Waals surface area contributed by atoms with Gasteiger partial charge < -0.3 is 4.90 Å². The van der Waals surface area contributed by atoms with E-state index >= 15 is 0 Å². The lowest BCUT2D eigenvalue weighted by Gasteiger charge is -2.12. The normalized spacial score (nSPS) is 10.4. The van der Waals surface area contributed by atoms with Gasteiger partial charge in [-0.05, 0) is 38.8 Å². The summed E-state index contributed by atoms with van der Waals surface area (Å²) in [6.45, 7) is 0. The first-order valence-electron chi connectivity index (χ1n) is 4.99. The summed E-state index contributed by atoms with van der Waals surface area (Å²) in [6, 6.07) is 11.9. The van der Waals surface area contributed by atoms with Crippen LogP contribution in [-0.4, -0.2) is 24.9 Å². The van der Waals surface area contributed by atoms with Crippen LogP contribution in [0.15, 0.2) is 40.9 Å². The number of amides is 1. The van der Waals surface area contributed by atoms with E-state index < -0.39 is 0 Å². The zero-order valence-corrected chi connectivity index (χ0v) is 10.8. The summed E-state index contributed by atoms with van der Waals surface area (Å²) in [5, 5.41) is 2.21. The molecule has 0 atom stereocenters. The van der Waals surface area contributed by atoms with Gasteiger partial charge in [-0.3, -0.25) is 4.79 Å². The molecular formula is C13H12BrNO. The molecule has 0 spiro atoms. The summed E-state index contributed by atoms with van der Waals surface area (Å²) < 4.78 is 0.838. The summed E-state index contributed by atoms with van der Waals surface area (Å²) in [7, 11) is 3.51. The van der Waals surface area contributed by atoms with Crippen molar-refractivity contribution < 1.29 is 4.79 Å². The number of nitrogens with zero attached hydrogens (tertiary/aromatic N) is 1. The van der Waals surface area contributed by atoms with Gasteiger partial charge in [0.05, 0.1) is 5.56 Å². The third-order valence-electron chi connectivity index (χ3n) is 2.47. The zero-order valence-electron chi connectivity index (χ0n) is 9.20. The minimum atomic E-state index is 0.0117. The molecule has 1 amide bonds. The van der Waals surface area contributed by atoms with Gasteiger partial charge in [-0.25, -0.2) is 0 Å². The van der Waals surface area contributed by atoms with Gasteiger partial charge in [0, 0.05) is 18.6 Å². The van der Waals surface area contributed by atoms with E-state index in [0.717, 1.165) is 15.2 Å². The lowest BCUT2D eigenvalue weighted by atomic mass is 10.1. The first-order chi connectivity index (χ1) is 7.59. The Bertz CT molecular complexity index is 549. The molecule has 3 heteroatoms. The molecule has 82 valence electrons. The first-order valence-corrected chi connectivity index (χ1v) is 5.79. The molecule has 0 aromatic heterocycles. The van der Waals surface area contributed by atoms with Crippen LogP contribution in [0.25, 0.3) is 10.8 Å². The smallest absolute Gasteiger partial charge is 0.254 e. The molecule has 0 heterocycles. The maximum Gasteiger partial charge on any atom is 0.254 e. The van der Waals surface area contributed by atoms with Gasteiger partial charge in [0.2, 0.25) is 0 Å². The third-order valence-corrected chi connectivity index (χ3v) is 3.13. The number of hydrogen-bond donors (Lipinski definition) is 0. The van der Waals surface area contributed by atoms with E-state index in [1.165, 1.54) is 0 Å². The van der Waals surface area contributed by atoms with E-state index in [-0.39, 0.29) is 5.91 Å². The van der Waals surface area contributed by atoms with Gasteiger partial charge >= 0.3 is 0 Å². The van der Waals surface area contributed by atoms with E-state index in [9.17, 15) is 4.79 Å². The Labute approximate surface area is 103 Å². The van der Waals surface area contributed by atoms with Crippen LogP contribution in [0.4, 0.5) is 0 Å². The van der Waals surface area contributed by atoms with E-state index in [4.69, 9.17) is 0 Å². The molecule has 16 heavy (non-hydrogen) atoms. The Hall–Kier alpha value is -1.35. The fraction of sp³-hybridized carbons (Fsp3) is 0.154. The molecule has 0 saturated heterocycles. The average Bonchev–Trinajstić information content (AvgIpc) is 2.27. The largest absolute Gasteiger partial charge is 0.345 e. The minimum absolute atomic E-state index is 0.0117. The highest BCUT2D eigenvalue weighted by Crippen LogP contribution is 2.25. The van der Waals surface area contributed by atoms with Crippen LogP contribution in [0, 0.1) is 0 Å². The molecule has 0 aliphatic rings. The van der Waals surface area contributed by atoms with Crippen LogP contribution in [-0.2, 0) is 0 Å². The summed E-state index contributed by atoms with van der Waals surface area (Å²) in [6.07, 6.45) is 0. The van der Waals surface area contributed by atoms with Crippen molar-refractivity contribution >= 4 is 32.6 Å². The Morgan fingerprint density at radius 3 is 2.25 bits per heavy atom. The number of halogens is 1. The van der Waals surface area contributed by atoms with Crippen molar-refractivity contribution in [3.8, 4) is 0 Å². The quantitative estimate of drug-likeness (QED) is 0.783. The molecule has 0 fully saturated rings. The van der Waals surface area contributed by atoms with E-state index in [2.05, 4.69) is 15.9 Å². The van der Waals surface area contributed by atoms with Gasteiger partial charge in [-0.15, -0.1) is 0 Å². The molecule has 2 aromatic carbocycles. The minimum Gasteiger partial charge on any atom is -0.345 e. The molecule has 0 bridgehead atoms. The summed E-state index contributed by atoms with van der Waals surface area (Å²) >= 11 is 3.44. The molecule has 2 aromatic rings. The van der Waals surface area contributed by atoms with Crippen molar-refractivity contribution in [1.82, 2.24) is 4.90 Å². The zero-order chi connectivity index (χ0) is 11.7. The van der Waals surface area contributed by atoms with Crippen molar-refractivity contribution in [3.05, 3.63) is 46.4 Å². The van der Waals surface area contributed by atoms with Crippen LogP contribution < -0.4 is 0 Å². The van der Waals surface area contributed by atoms with E-state index in [1.54, 1.807) is 19.0 Å². The van der Waals surface area contributed by atoms with Crippen molar-refractivity contribution in [2.45, 2.75) is 0 Å². The maximum absolute atomic E-state index is 11.9. The standard InChI is InChI=1S/C13H12BrNO/c1-15(2)13(16)11-7-9-5-3-4-6-10(9)8-12(11)14/h3-8H,1-2H3. The maximum atomic E-state index is 11.9. The van der Waals surface area contributed by atoms with Crippen LogP contribution in [0.1, 0.15) is 10.4 Å². The number of carbonyl (C=O) groups is 1. The number of fused-ring (bicyclic) bond motifs is 1. The van der Waals surface area contributed by atoms with E-state index in [1.807, 2.05) is 36.4 Å². The highest BCUT2D eigenvalue weighted by atomic mass is 79.9. The molecule has 2 rings (SSSR count). The number of benzene rings is 2. The summed E-state index contributed by atoms with van der Waals surface area (Å²) in [4.78, 5) is 13.5. The van der Waals surface area contributed by atoms with Crippen LogP contribution in [0.5, 0.6) is 0 Å². The fourth-order valence-electron chi connectivity index (χ4n) is 1.62. The van der Waals surface area contributed by atoms with Gasteiger partial charge in [0.1, 0.15) is 0 Å². The van der Waals surface area contributed by atoms with E-state index in [0.29, 0.717) is 5.56 Å². The fourth-order valence-corrected chi connectivity index (χ4v) is 2.15. The third kappa shape index (κ3) is 1.95. The van der Waals surface area contributed by atoms with Crippen molar-refractivity contribution in [2.75, 3.05) is 14.1 Å². The topological polar surface area (TPSA) is 20.3 Å². The number of rotatable bonds is 1.